The second kappa shape index (κ2) is 7.09. The standard InChI is InChI=1S/C18H17FN4O3/c19-17-12-7-8-20-10-11(12)3-4-13(17)21-15(24)5-6-16-22-18(23-26-16)14-2-1-9-25-14/h1-4,9,20H,5-8,10H2,(H,21,24). The molecule has 1 amide bonds. The summed E-state index contributed by atoms with van der Waals surface area (Å²) in [5.74, 6) is 0.490. The maximum atomic E-state index is 14.5. The normalized spacial score (nSPS) is 13.4. The molecule has 1 aromatic carbocycles. The van der Waals surface area contributed by atoms with Crippen LogP contribution in [0.2, 0.25) is 0 Å². The second-order valence-electron chi connectivity index (χ2n) is 6.03. The minimum Gasteiger partial charge on any atom is -0.461 e. The molecule has 3 heterocycles. The highest BCUT2D eigenvalue weighted by Gasteiger charge is 2.18. The van der Waals surface area contributed by atoms with E-state index in [1.165, 1.54) is 6.26 Å². The molecule has 0 unspecified atom stereocenters. The van der Waals surface area contributed by atoms with Crippen molar-refractivity contribution in [2.45, 2.75) is 25.8 Å². The summed E-state index contributed by atoms with van der Waals surface area (Å²) in [4.78, 5) is 16.3. The number of aromatic nitrogens is 2. The number of hydrogen-bond acceptors (Lipinski definition) is 6. The Bertz CT molecular complexity index is 921. The number of nitrogens with zero attached hydrogens (tertiary/aromatic N) is 2. The lowest BCUT2D eigenvalue weighted by molar-refractivity contribution is -0.116. The van der Waals surface area contributed by atoms with Crippen molar-refractivity contribution in [2.75, 3.05) is 11.9 Å². The van der Waals surface area contributed by atoms with Gasteiger partial charge in [0.25, 0.3) is 0 Å². The first-order chi connectivity index (χ1) is 12.7. The third-order valence-electron chi connectivity index (χ3n) is 4.26. The van der Waals surface area contributed by atoms with Crippen molar-refractivity contribution < 1.29 is 18.1 Å². The van der Waals surface area contributed by atoms with Crippen LogP contribution in [-0.4, -0.2) is 22.6 Å². The van der Waals surface area contributed by atoms with E-state index in [4.69, 9.17) is 8.94 Å². The van der Waals surface area contributed by atoms with Gasteiger partial charge in [0.05, 0.1) is 12.0 Å². The summed E-state index contributed by atoms with van der Waals surface area (Å²) in [7, 11) is 0. The largest absolute Gasteiger partial charge is 0.461 e. The van der Waals surface area contributed by atoms with Crippen LogP contribution in [0.25, 0.3) is 11.6 Å². The third-order valence-corrected chi connectivity index (χ3v) is 4.26. The molecule has 0 bridgehead atoms. The Labute approximate surface area is 148 Å². The summed E-state index contributed by atoms with van der Waals surface area (Å²) in [6, 6.07) is 6.88. The summed E-state index contributed by atoms with van der Waals surface area (Å²) < 4.78 is 24.8. The molecule has 0 spiro atoms. The third kappa shape index (κ3) is 3.36. The smallest absolute Gasteiger partial charge is 0.238 e. The van der Waals surface area contributed by atoms with Crippen LogP contribution in [0.5, 0.6) is 0 Å². The molecule has 1 aliphatic heterocycles. The van der Waals surface area contributed by atoms with Crippen LogP contribution in [0.4, 0.5) is 10.1 Å². The fourth-order valence-corrected chi connectivity index (χ4v) is 2.93. The van der Waals surface area contributed by atoms with Crippen molar-refractivity contribution in [2.24, 2.45) is 0 Å². The van der Waals surface area contributed by atoms with Gasteiger partial charge in [-0.05, 0) is 42.3 Å². The predicted molar refractivity (Wildman–Crippen MR) is 90.8 cm³/mol. The molecule has 0 aliphatic carbocycles. The molecule has 4 rings (SSSR count). The first-order valence-corrected chi connectivity index (χ1v) is 8.38. The number of benzene rings is 1. The molecule has 0 radical (unpaired) electrons. The number of furan rings is 1. The van der Waals surface area contributed by atoms with Gasteiger partial charge in [0, 0.05) is 19.4 Å². The zero-order valence-electron chi connectivity index (χ0n) is 13.9. The molecule has 134 valence electrons. The molecular formula is C18H17FN4O3. The minimum absolute atomic E-state index is 0.109. The van der Waals surface area contributed by atoms with Gasteiger partial charge in [-0.25, -0.2) is 4.39 Å². The minimum atomic E-state index is -0.352. The number of amides is 1. The number of aryl methyl sites for hydroxylation is 1. The van der Waals surface area contributed by atoms with Gasteiger partial charge < -0.3 is 19.6 Å². The van der Waals surface area contributed by atoms with E-state index in [-0.39, 0.29) is 30.3 Å². The van der Waals surface area contributed by atoms with E-state index in [0.717, 1.165) is 12.1 Å². The lowest BCUT2D eigenvalue weighted by Crippen LogP contribution is -2.25. The van der Waals surface area contributed by atoms with E-state index in [1.54, 1.807) is 18.2 Å². The Kier molecular flexibility index (Phi) is 4.49. The molecule has 2 N–H and O–H groups in total. The highest BCUT2D eigenvalue weighted by Crippen LogP contribution is 2.24. The van der Waals surface area contributed by atoms with Crippen molar-refractivity contribution >= 4 is 11.6 Å². The lowest BCUT2D eigenvalue weighted by Gasteiger charge is -2.19. The maximum Gasteiger partial charge on any atom is 0.238 e. The van der Waals surface area contributed by atoms with E-state index in [0.29, 0.717) is 36.0 Å². The highest BCUT2D eigenvalue weighted by atomic mass is 19.1. The summed E-state index contributed by atoms with van der Waals surface area (Å²) in [5, 5.41) is 9.62. The van der Waals surface area contributed by atoms with Crippen LogP contribution >= 0.6 is 0 Å². The van der Waals surface area contributed by atoms with Crippen molar-refractivity contribution in [3.8, 4) is 11.6 Å². The van der Waals surface area contributed by atoms with Crippen molar-refractivity contribution in [3.63, 3.8) is 0 Å². The Balaban J connectivity index is 1.37. The van der Waals surface area contributed by atoms with Gasteiger partial charge >= 0.3 is 0 Å². The number of halogens is 1. The van der Waals surface area contributed by atoms with Gasteiger partial charge in [-0.2, -0.15) is 4.98 Å². The van der Waals surface area contributed by atoms with E-state index in [2.05, 4.69) is 20.8 Å². The quantitative estimate of drug-likeness (QED) is 0.730. The second-order valence-corrected chi connectivity index (χ2v) is 6.03. The molecular weight excluding hydrogens is 339 g/mol. The van der Waals surface area contributed by atoms with E-state index in [9.17, 15) is 9.18 Å². The van der Waals surface area contributed by atoms with Crippen molar-refractivity contribution in [1.82, 2.24) is 15.5 Å². The zero-order chi connectivity index (χ0) is 17.9. The van der Waals surface area contributed by atoms with Gasteiger partial charge in [0.15, 0.2) is 5.76 Å². The first-order valence-electron chi connectivity index (χ1n) is 8.38. The average molecular weight is 356 g/mol. The number of nitrogens with one attached hydrogen (secondary N) is 2. The SMILES string of the molecule is O=C(CCc1nc(-c2ccco2)no1)Nc1ccc2c(c1F)CCNC2. The molecule has 2 aromatic heterocycles. The van der Waals surface area contributed by atoms with E-state index in [1.807, 2.05) is 6.07 Å². The number of rotatable bonds is 5. The first kappa shape index (κ1) is 16.5. The summed E-state index contributed by atoms with van der Waals surface area (Å²) >= 11 is 0. The van der Waals surface area contributed by atoms with Gasteiger partial charge in [-0.3, -0.25) is 4.79 Å². The number of carbonyl (C=O) groups excluding carboxylic acids is 1. The number of anilines is 1. The number of hydrogen-bond donors (Lipinski definition) is 2. The van der Waals surface area contributed by atoms with Crippen LogP contribution in [0, 0.1) is 5.82 Å². The Morgan fingerprint density at radius 2 is 2.27 bits per heavy atom. The monoisotopic (exact) mass is 356 g/mol. The van der Waals surface area contributed by atoms with Crippen molar-refractivity contribution in [1.29, 1.82) is 0 Å². The van der Waals surface area contributed by atoms with Gasteiger partial charge in [0.2, 0.25) is 17.6 Å². The van der Waals surface area contributed by atoms with Crippen LogP contribution in [0.15, 0.2) is 39.5 Å². The van der Waals surface area contributed by atoms with Crippen molar-refractivity contribution in [3.05, 3.63) is 53.4 Å². The Morgan fingerprint density at radius 1 is 1.35 bits per heavy atom. The topological polar surface area (TPSA) is 93.2 Å². The molecule has 8 heteroatoms. The molecule has 0 saturated carbocycles. The summed E-state index contributed by atoms with van der Waals surface area (Å²) in [6.45, 7) is 1.38. The van der Waals surface area contributed by atoms with Crippen LogP contribution in [0.3, 0.4) is 0 Å². The maximum absolute atomic E-state index is 14.5. The predicted octanol–water partition coefficient (Wildman–Crippen LogP) is 2.69. The average Bonchev–Trinajstić information content (AvgIpc) is 3.34. The van der Waals surface area contributed by atoms with Gasteiger partial charge in [0.1, 0.15) is 5.82 Å². The van der Waals surface area contributed by atoms with E-state index >= 15 is 0 Å². The summed E-state index contributed by atoms with van der Waals surface area (Å²) in [5.41, 5.74) is 1.81. The van der Waals surface area contributed by atoms with E-state index < -0.39 is 0 Å². The number of fused-ring (bicyclic) bond motifs is 1. The lowest BCUT2D eigenvalue weighted by atomic mass is 9.99. The summed E-state index contributed by atoms with van der Waals surface area (Å²) in [6.07, 6.45) is 2.50. The number of carbonyl (C=O) groups is 1. The van der Waals surface area contributed by atoms with Crippen LogP contribution in [0.1, 0.15) is 23.4 Å². The van der Waals surface area contributed by atoms with Gasteiger partial charge in [-0.15, -0.1) is 0 Å². The molecule has 0 atom stereocenters. The van der Waals surface area contributed by atoms with Gasteiger partial charge in [-0.1, -0.05) is 11.2 Å². The molecule has 3 aromatic rings. The van der Waals surface area contributed by atoms with Crippen LogP contribution < -0.4 is 10.6 Å². The fraction of sp³-hybridized carbons (Fsp3) is 0.278. The highest BCUT2D eigenvalue weighted by molar-refractivity contribution is 5.91. The Morgan fingerprint density at radius 3 is 3.12 bits per heavy atom. The molecule has 0 saturated heterocycles. The molecule has 7 nitrogen and oxygen atoms in total. The molecule has 26 heavy (non-hydrogen) atoms. The Hall–Kier alpha value is -3.00. The molecule has 1 aliphatic rings. The van der Waals surface area contributed by atoms with Crippen LogP contribution in [-0.2, 0) is 24.2 Å². The fourth-order valence-electron chi connectivity index (χ4n) is 2.93. The zero-order valence-corrected chi connectivity index (χ0v) is 13.9. The molecule has 0 fully saturated rings.